The minimum absolute atomic E-state index is 0.0418. The van der Waals surface area contributed by atoms with Crippen LogP contribution in [0.25, 0.3) is 5.76 Å². The Hall–Kier alpha value is -4.00. The lowest BCUT2D eigenvalue weighted by atomic mass is 9.99. The van der Waals surface area contributed by atoms with Crippen LogP contribution in [-0.2, 0) is 9.59 Å². The Morgan fingerprint density at radius 3 is 2.42 bits per heavy atom. The number of ketones is 1. The van der Waals surface area contributed by atoms with E-state index >= 15 is 0 Å². The second-order valence-corrected chi connectivity index (χ2v) is 7.31. The van der Waals surface area contributed by atoms with Crippen molar-refractivity contribution in [3.8, 4) is 11.5 Å². The second kappa shape index (κ2) is 7.36. The number of nitrogens with zero attached hydrogens (tertiary/aromatic N) is 1. The zero-order chi connectivity index (χ0) is 21.5. The lowest BCUT2D eigenvalue weighted by Crippen LogP contribution is -2.29. The van der Waals surface area contributed by atoms with Crippen molar-refractivity contribution < 1.29 is 28.6 Å². The summed E-state index contributed by atoms with van der Waals surface area (Å²) in [6.45, 7) is 2.61. The number of aliphatic hydroxyl groups excluding tert-OH is 1. The highest BCUT2D eigenvalue weighted by Crippen LogP contribution is 2.43. The first-order valence-corrected chi connectivity index (χ1v) is 9.87. The molecule has 0 bridgehead atoms. The van der Waals surface area contributed by atoms with Gasteiger partial charge in [0.15, 0.2) is 11.5 Å². The van der Waals surface area contributed by atoms with Gasteiger partial charge in [-0.25, -0.2) is 0 Å². The van der Waals surface area contributed by atoms with Crippen molar-refractivity contribution in [2.45, 2.75) is 13.0 Å². The molecule has 3 heterocycles. The Labute approximate surface area is 178 Å². The van der Waals surface area contributed by atoms with E-state index in [1.807, 2.05) is 6.07 Å². The van der Waals surface area contributed by atoms with Crippen molar-refractivity contribution in [3.63, 3.8) is 0 Å². The number of ether oxygens (including phenoxy) is 2. The van der Waals surface area contributed by atoms with Crippen LogP contribution in [0.5, 0.6) is 11.5 Å². The van der Waals surface area contributed by atoms with Gasteiger partial charge in [-0.2, -0.15) is 0 Å². The van der Waals surface area contributed by atoms with Crippen molar-refractivity contribution in [3.05, 3.63) is 83.3 Å². The first-order valence-electron chi connectivity index (χ1n) is 9.87. The number of fused-ring (bicyclic) bond motifs is 1. The second-order valence-electron chi connectivity index (χ2n) is 7.31. The Kier molecular flexibility index (Phi) is 4.51. The van der Waals surface area contributed by atoms with Crippen LogP contribution in [0.3, 0.4) is 0 Å². The maximum absolute atomic E-state index is 13.1. The molecule has 1 fully saturated rings. The molecule has 156 valence electrons. The minimum atomic E-state index is -0.899. The van der Waals surface area contributed by atoms with Gasteiger partial charge in [-0.3, -0.25) is 14.5 Å². The Morgan fingerprint density at radius 1 is 0.968 bits per heavy atom. The third-order valence-corrected chi connectivity index (χ3v) is 5.33. The molecular weight excluding hydrogens is 398 g/mol. The summed E-state index contributed by atoms with van der Waals surface area (Å²) in [5, 5.41) is 11.2. The largest absolute Gasteiger partial charge is 0.507 e. The summed E-state index contributed by atoms with van der Waals surface area (Å²) in [6.07, 6.45) is 0. The van der Waals surface area contributed by atoms with Crippen molar-refractivity contribution in [1.82, 2.24) is 0 Å². The van der Waals surface area contributed by atoms with Crippen LogP contribution in [0.1, 0.15) is 23.1 Å². The number of rotatable bonds is 3. The quantitative estimate of drug-likeness (QED) is 0.394. The standard InChI is InChI=1S/C24H19NO6/c1-14-7-9-18(31-14)21-20(23(27)24(28)25(21)16-5-3-2-4-6-16)22(26)15-8-10-17-19(13-15)30-12-11-29-17/h2-10,13,21,26H,11-12H2,1H3/b22-20-. The van der Waals surface area contributed by atoms with Gasteiger partial charge in [0.05, 0.1) is 5.57 Å². The highest BCUT2D eigenvalue weighted by Gasteiger charge is 2.48. The van der Waals surface area contributed by atoms with Gasteiger partial charge in [0, 0.05) is 11.3 Å². The van der Waals surface area contributed by atoms with Crippen LogP contribution in [-0.4, -0.2) is 30.0 Å². The molecule has 31 heavy (non-hydrogen) atoms. The summed E-state index contributed by atoms with van der Waals surface area (Å²) in [4.78, 5) is 27.4. The number of aliphatic hydroxyl groups is 1. The average molecular weight is 417 g/mol. The minimum Gasteiger partial charge on any atom is -0.507 e. The summed E-state index contributed by atoms with van der Waals surface area (Å²) >= 11 is 0. The van der Waals surface area contributed by atoms with Crippen molar-refractivity contribution in [1.29, 1.82) is 0 Å². The molecule has 1 atom stereocenters. The molecule has 0 radical (unpaired) electrons. The molecular formula is C24H19NO6. The molecule has 1 N–H and O–H groups in total. The van der Waals surface area contributed by atoms with E-state index < -0.39 is 17.7 Å². The molecule has 2 aliphatic heterocycles. The number of carbonyl (C=O) groups is 2. The Balaban J connectivity index is 1.68. The number of aryl methyl sites for hydroxylation is 1. The molecule has 3 aromatic rings. The number of hydrogen-bond acceptors (Lipinski definition) is 6. The summed E-state index contributed by atoms with van der Waals surface area (Å²) in [6, 6.07) is 16.3. The van der Waals surface area contributed by atoms with Crippen LogP contribution >= 0.6 is 0 Å². The van der Waals surface area contributed by atoms with E-state index in [-0.39, 0.29) is 11.3 Å². The van der Waals surface area contributed by atoms with Crippen LogP contribution < -0.4 is 14.4 Å². The molecule has 7 heteroatoms. The Morgan fingerprint density at radius 2 is 1.71 bits per heavy atom. The maximum Gasteiger partial charge on any atom is 0.300 e. The average Bonchev–Trinajstić information content (AvgIpc) is 3.34. The number of anilines is 1. The van der Waals surface area contributed by atoms with Crippen LogP contribution in [0, 0.1) is 6.92 Å². The number of Topliss-reactive ketones (excluding diaryl/α,β-unsaturated/α-hetero) is 1. The van der Waals surface area contributed by atoms with Gasteiger partial charge in [0.25, 0.3) is 11.7 Å². The molecule has 2 aromatic carbocycles. The van der Waals surface area contributed by atoms with Gasteiger partial charge < -0.3 is 19.0 Å². The SMILES string of the molecule is Cc1ccc(C2/C(=C(/O)c3ccc4c(c3)OCCO4)C(=O)C(=O)N2c2ccccc2)o1. The van der Waals surface area contributed by atoms with Crippen molar-refractivity contribution in [2.75, 3.05) is 18.1 Å². The third-order valence-electron chi connectivity index (χ3n) is 5.33. The van der Waals surface area contributed by atoms with Gasteiger partial charge >= 0.3 is 0 Å². The number of carbonyl (C=O) groups excluding carboxylic acids is 2. The van der Waals surface area contributed by atoms with E-state index in [1.165, 1.54) is 4.90 Å². The monoisotopic (exact) mass is 417 g/mol. The molecule has 1 amide bonds. The van der Waals surface area contributed by atoms with Gasteiger partial charge in [-0.1, -0.05) is 18.2 Å². The lowest BCUT2D eigenvalue weighted by Gasteiger charge is -2.23. The van der Waals surface area contributed by atoms with E-state index in [0.29, 0.717) is 47.5 Å². The van der Waals surface area contributed by atoms with E-state index in [1.54, 1.807) is 61.5 Å². The predicted octanol–water partition coefficient (Wildman–Crippen LogP) is 3.99. The van der Waals surface area contributed by atoms with Gasteiger partial charge in [0.1, 0.15) is 36.5 Å². The van der Waals surface area contributed by atoms with Gasteiger partial charge in [-0.05, 0) is 49.4 Å². The zero-order valence-corrected chi connectivity index (χ0v) is 16.7. The first-order chi connectivity index (χ1) is 15.0. The lowest BCUT2D eigenvalue weighted by molar-refractivity contribution is -0.132. The molecule has 0 aliphatic carbocycles. The molecule has 7 nitrogen and oxygen atoms in total. The van der Waals surface area contributed by atoms with Crippen LogP contribution in [0.2, 0.25) is 0 Å². The summed E-state index contributed by atoms with van der Waals surface area (Å²) in [5.41, 5.74) is 0.841. The summed E-state index contributed by atoms with van der Waals surface area (Å²) in [7, 11) is 0. The number of amides is 1. The summed E-state index contributed by atoms with van der Waals surface area (Å²) < 4.78 is 16.9. The van der Waals surface area contributed by atoms with Crippen LogP contribution in [0.15, 0.2) is 70.7 Å². The molecule has 2 aliphatic rings. The van der Waals surface area contributed by atoms with E-state index in [4.69, 9.17) is 13.9 Å². The maximum atomic E-state index is 13.1. The fourth-order valence-corrected chi connectivity index (χ4v) is 3.90. The molecule has 1 aromatic heterocycles. The van der Waals surface area contributed by atoms with Gasteiger partial charge in [0.2, 0.25) is 0 Å². The summed E-state index contributed by atoms with van der Waals surface area (Å²) in [5.74, 6) is 0.240. The zero-order valence-electron chi connectivity index (χ0n) is 16.7. The van der Waals surface area contributed by atoms with Gasteiger partial charge in [-0.15, -0.1) is 0 Å². The fourth-order valence-electron chi connectivity index (χ4n) is 3.90. The number of furan rings is 1. The van der Waals surface area contributed by atoms with E-state index in [9.17, 15) is 14.7 Å². The molecule has 5 rings (SSSR count). The van der Waals surface area contributed by atoms with Crippen LogP contribution in [0.4, 0.5) is 5.69 Å². The van der Waals surface area contributed by atoms with E-state index in [0.717, 1.165) is 0 Å². The molecule has 1 unspecified atom stereocenters. The highest BCUT2D eigenvalue weighted by atomic mass is 16.6. The molecule has 0 saturated carbocycles. The number of hydrogen-bond donors (Lipinski definition) is 1. The predicted molar refractivity (Wildman–Crippen MR) is 112 cm³/mol. The topological polar surface area (TPSA) is 89.2 Å². The highest BCUT2D eigenvalue weighted by molar-refractivity contribution is 6.51. The molecule has 1 saturated heterocycles. The van der Waals surface area contributed by atoms with Crippen molar-refractivity contribution >= 4 is 23.1 Å². The third kappa shape index (κ3) is 3.15. The first kappa shape index (κ1) is 19.0. The van der Waals surface area contributed by atoms with Crippen molar-refractivity contribution in [2.24, 2.45) is 0 Å². The van der Waals surface area contributed by atoms with E-state index in [2.05, 4.69) is 0 Å². The molecule has 0 spiro atoms. The number of para-hydroxylation sites is 1. The Bertz CT molecular complexity index is 1210. The number of benzene rings is 2. The normalized spacial score (nSPS) is 19.6. The fraction of sp³-hybridized carbons (Fsp3) is 0.167. The smallest absolute Gasteiger partial charge is 0.300 e.